The van der Waals surface area contributed by atoms with Crippen molar-refractivity contribution in [1.29, 1.82) is 0 Å². The van der Waals surface area contributed by atoms with Crippen LogP contribution in [0.4, 0.5) is 0 Å². The van der Waals surface area contributed by atoms with Crippen LogP contribution in [0.15, 0.2) is 84.9 Å². The standard InChI is InChI=1S/C26H27NO4/c28-25(15-14-20-8-7-13-23(18-20)31-19-26(29)30)27-17-16-24(21-9-3-1-4-10-21)22-11-5-2-6-12-22/h1-13,18,24H,14-17,19H2,(H,27,28)(H,29,30). The molecular weight excluding hydrogens is 390 g/mol. The summed E-state index contributed by atoms with van der Waals surface area (Å²) >= 11 is 0. The number of hydrogen-bond acceptors (Lipinski definition) is 3. The van der Waals surface area contributed by atoms with Crippen molar-refractivity contribution in [2.75, 3.05) is 13.2 Å². The number of aliphatic carboxylic acids is 1. The lowest BCUT2D eigenvalue weighted by Crippen LogP contribution is -2.26. The maximum atomic E-state index is 12.4. The molecule has 0 radical (unpaired) electrons. The molecule has 0 fully saturated rings. The summed E-state index contributed by atoms with van der Waals surface area (Å²) in [6, 6.07) is 27.9. The van der Waals surface area contributed by atoms with Gasteiger partial charge in [0, 0.05) is 18.9 Å². The fourth-order valence-electron chi connectivity index (χ4n) is 3.53. The van der Waals surface area contributed by atoms with Crippen molar-refractivity contribution in [2.24, 2.45) is 0 Å². The monoisotopic (exact) mass is 417 g/mol. The fourth-order valence-corrected chi connectivity index (χ4v) is 3.53. The van der Waals surface area contributed by atoms with E-state index < -0.39 is 5.97 Å². The quantitative estimate of drug-likeness (QED) is 0.484. The predicted octanol–water partition coefficient (Wildman–Crippen LogP) is 4.42. The summed E-state index contributed by atoms with van der Waals surface area (Å²) in [5.41, 5.74) is 3.41. The number of amides is 1. The molecule has 5 nitrogen and oxygen atoms in total. The van der Waals surface area contributed by atoms with Crippen molar-refractivity contribution in [1.82, 2.24) is 5.32 Å². The molecule has 0 saturated carbocycles. The first-order valence-corrected chi connectivity index (χ1v) is 10.4. The van der Waals surface area contributed by atoms with Crippen molar-refractivity contribution in [2.45, 2.75) is 25.2 Å². The topological polar surface area (TPSA) is 75.6 Å². The lowest BCUT2D eigenvalue weighted by atomic mass is 9.88. The lowest BCUT2D eigenvalue weighted by Gasteiger charge is -2.18. The van der Waals surface area contributed by atoms with Gasteiger partial charge in [0.2, 0.25) is 5.91 Å². The van der Waals surface area contributed by atoms with Crippen LogP contribution in [-0.2, 0) is 16.0 Å². The van der Waals surface area contributed by atoms with E-state index in [2.05, 4.69) is 29.6 Å². The van der Waals surface area contributed by atoms with Gasteiger partial charge in [-0.25, -0.2) is 4.79 Å². The van der Waals surface area contributed by atoms with Gasteiger partial charge >= 0.3 is 5.97 Å². The molecular formula is C26H27NO4. The van der Waals surface area contributed by atoms with Crippen LogP contribution in [0.1, 0.15) is 35.4 Å². The van der Waals surface area contributed by atoms with E-state index in [1.807, 2.05) is 42.5 Å². The Bertz CT molecular complexity index is 933. The second-order valence-electron chi connectivity index (χ2n) is 7.34. The third kappa shape index (κ3) is 7.30. The van der Waals surface area contributed by atoms with Crippen LogP contribution in [-0.4, -0.2) is 30.1 Å². The van der Waals surface area contributed by atoms with E-state index in [1.165, 1.54) is 11.1 Å². The number of hydrogen-bond donors (Lipinski definition) is 2. The van der Waals surface area contributed by atoms with Crippen LogP contribution >= 0.6 is 0 Å². The Morgan fingerprint density at radius 2 is 1.52 bits per heavy atom. The number of rotatable bonds is 11. The summed E-state index contributed by atoms with van der Waals surface area (Å²) in [5.74, 6) is -0.301. The highest BCUT2D eigenvalue weighted by atomic mass is 16.5. The van der Waals surface area contributed by atoms with Gasteiger partial charge in [-0.2, -0.15) is 0 Å². The molecule has 31 heavy (non-hydrogen) atoms. The largest absolute Gasteiger partial charge is 0.482 e. The molecule has 2 N–H and O–H groups in total. The van der Waals surface area contributed by atoms with E-state index in [4.69, 9.17) is 9.84 Å². The number of carboxylic acids is 1. The van der Waals surface area contributed by atoms with Gasteiger partial charge in [0.25, 0.3) is 0 Å². The van der Waals surface area contributed by atoms with Crippen LogP contribution in [0.3, 0.4) is 0 Å². The van der Waals surface area contributed by atoms with Crippen LogP contribution in [0, 0.1) is 0 Å². The molecule has 0 bridgehead atoms. The second kappa shape index (κ2) is 11.6. The molecule has 0 aliphatic carbocycles. The molecule has 0 saturated heterocycles. The number of ether oxygens (including phenoxy) is 1. The Hall–Kier alpha value is -3.60. The molecule has 5 heteroatoms. The summed E-state index contributed by atoms with van der Waals surface area (Å²) in [6.07, 6.45) is 1.75. The van der Waals surface area contributed by atoms with Crippen molar-refractivity contribution in [3.8, 4) is 5.75 Å². The second-order valence-corrected chi connectivity index (χ2v) is 7.34. The lowest BCUT2D eigenvalue weighted by molar-refractivity contribution is -0.139. The summed E-state index contributed by atoms with van der Waals surface area (Å²) in [4.78, 5) is 23.0. The first-order chi connectivity index (χ1) is 15.1. The molecule has 160 valence electrons. The van der Waals surface area contributed by atoms with Crippen LogP contribution in [0.2, 0.25) is 0 Å². The van der Waals surface area contributed by atoms with Crippen LogP contribution in [0.5, 0.6) is 5.75 Å². The molecule has 0 heterocycles. The molecule has 0 aliphatic heterocycles. The number of nitrogens with one attached hydrogen (secondary N) is 1. The minimum atomic E-state index is -1.02. The number of carbonyl (C=O) groups excluding carboxylic acids is 1. The van der Waals surface area contributed by atoms with E-state index in [0.29, 0.717) is 25.1 Å². The highest BCUT2D eigenvalue weighted by Gasteiger charge is 2.14. The summed E-state index contributed by atoms with van der Waals surface area (Å²) in [6.45, 7) is 0.211. The normalized spacial score (nSPS) is 10.6. The Labute approximate surface area is 182 Å². The third-order valence-corrected chi connectivity index (χ3v) is 5.06. The van der Waals surface area contributed by atoms with Gasteiger partial charge < -0.3 is 15.2 Å². The molecule has 3 aromatic rings. The van der Waals surface area contributed by atoms with E-state index in [9.17, 15) is 9.59 Å². The average molecular weight is 418 g/mol. The molecule has 0 spiro atoms. The van der Waals surface area contributed by atoms with Gasteiger partial charge in [-0.3, -0.25) is 4.79 Å². The Morgan fingerprint density at radius 1 is 0.871 bits per heavy atom. The zero-order chi connectivity index (χ0) is 21.9. The van der Waals surface area contributed by atoms with Crippen molar-refractivity contribution in [3.63, 3.8) is 0 Å². The first kappa shape index (κ1) is 22.1. The van der Waals surface area contributed by atoms with Gasteiger partial charge in [0.05, 0.1) is 0 Å². The maximum Gasteiger partial charge on any atom is 0.341 e. The number of carboxylic acid groups (broad SMARTS) is 1. The zero-order valence-electron chi connectivity index (χ0n) is 17.4. The van der Waals surface area contributed by atoms with Gasteiger partial charge in [-0.1, -0.05) is 72.8 Å². The Kier molecular flexibility index (Phi) is 8.23. The predicted molar refractivity (Wildman–Crippen MR) is 120 cm³/mol. The fraction of sp³-hybridized carbons (Fsp3) is 0.231. The summed E-state index contributed by atoms with van der Waals surface area (Å²) in [5, 5.41) is 11.7. The average Bonchev–Trinajstić information content (AvgIpc) is 2.80. The van der Waals surface area contributed by atoms with E-state index >= 15 is 0 Å². The minimum absolute atomic E-state index is 0.00303. The maximum absolute atomic E-state index is 12.4. The summed E-state index contributed by atoms with van der Waals surface area (Å²) < 4.78 is 5.19. The molecule has 3 aromatic carbocycles. The van der Waals surface area contributed by atoms with Crippen LogP contribution in [0.25, 0.3) is 0 Å². The van der Waals surface area contributed by atoms with E-state index in [1.54, 1.807) is 18.2 Å². The van der Waals surface area contributed by atoms with Gasteiger partial charge in [0.15, 0.2) is 6.61 Å². The number of aryl methyl sites for hydroxylation is 1. The third-order valence-electron chi connectivity index (χ3n) is 5.06. The Morgan fingerprint density at radius 3 is 2.13 bits per heavy atom. The molecule has 1 amide bonds. The molecule has 0 atom stereocenters. The molecule has 0 aromatic heterocycles. The van der Waals surface area contributed by atoms with Gasteiger partial charge in [-0.05, 0) is 41.7 Å². The number of carbonyl (C=O) groups is 2. The zero-order valence-corrected chi connectivity index (χ0v) is 17.4. The van der Waals surface area contributed by atoms with Crippen molar-refractivity contribution >= 4 is 11.9 Å². The van der Waals surface area contributed by atoms with Gasteiger partial charge in [0.1, 0.15) is 5.75 Å². The number of benzene rings is 3. The van der Waals surface area contributed by atoms with Gasteiger partial charge in [-0.15, -0.1) is 0 Å². The highest BCUT2D eigenvalue weighted by Crippen LogP contribution is 2.27. The first-order valence-electron chi connectivity index (χ1n) is 10.4. The Balaban J connectivity index is 1.50. The van der Waals surface area contributed by atoms with E-state index in [0.717, 1.165) is 12.0 Å². The molecule has 0 aliphatic rings. The summed E-state index contributed by atoms with van der Waals surface area (Å²) in [7, 11) is 0. The molecule has 0 unspecified atom stereocenters. The van der Waals surface area contributed by atoms with Crippen molar-refractivity contribution < 1.29 is 19.4 Å². The van der Waals surface area contributed by atoms with E-state index in [-0.39, 0.29) is 18.4 Å². The molecule has 3 rings (SSSR count). The van der Waals surface area contributed by atoms with Crippen LogP contribution < -0.4 is 10.1 Å². The van der Waals surface area contributed by atoms with Crippen molar-refractivity contribution in [3.05, 3.63) is 102 Å². The highest BCUT2D eigenvalue weighted by molar-refractivity contribution is 5.76. The minimum Gasteiger partial charge on any atom is -0.482 e. The SMILES string of the molecule is O=C(O)COc1cccc(CCC(=O)NCCC(c2ccccc2)c2ccccc2)c1. The smallest absolute Gasteiger partial charge is 0.341 e.